The summed E-state index contributed by atoms with van der Waals surface area (Å²) < 4.78 is 0. The number of aromatic nitrogens is 1. The molecule has 90 valence electrons. The van der Waals surface area contributed by atoms with Crippen LogP contribution in [0.15, 0.2) is 30.5 Å². The number of nitrogens with two attached hydrogens (primary N) is 1. The Morgan fingerprint density at radius 2 is 2.12 bits per heavy atom. The van der Waals surface area contributed by atoms with Gasteiger partial charge >= 0.3 is 0 Å². The van der Waals surface area contributed by atoms with E-state index in [0.29, 0.717) is 0 Å². The minimum atomic E-state index is -0.204. The van der Waals surface area contributed by atoms with E-state index < -0.39 is 0 Å². The Morgan fingerprint density at radius 1 is 1.35 bits per heavy atom. The van der Waals surface area contributed by atoms with Gasteiger partial charge in [0, 0.05) is 23.1 Å². The van der Waals surface area contributed by atoms with E-state index in [1.807, 2.05) is 44.3 Å². The van der Waals surface area contributed by atoms with Crippen LogP contribution in [0.5, 0.6) is 0 Å². The molecule has 17 heavy (non-hydrogen) atoms. The van der Waals surface area contributed by atoms with Crippen molar-refractivity contribution >= 4 is 22.5 Å². The monoisotopic (exact) mass is 231 g/mol. The largest absolute Gasteiger partial charge is 0.361 e. The van der Waals surface area contributed by atoms with Crippen LogP contribution in [0.4, 0.5) is 5.69 Å². The van der Waals surface area contributed by atoms with Gasteiger partial charge in [-0.3, -0.25) is 4.79 Å². The average molecular weight is 231 g/mol. The zero-order valence-corrected chi connectivity index (χ0v) is 10.0. The lowest BCUT2D eigenvalue weighted by atomic mass is 10.0. The number of H-pyrrole nitrogens is 1. The maximum atomic E-state index is 11.9. The van der Waals surface area contributed by atoms with Gasteiger partial charge < -0.3 is 16.0 Å². The van der Waals surface area contributed by atoms with Gasteiger partial charge in [0.05, 0.1) is 11.6 Å². The smallest absolute Gasteiger partial charge is 0.228 e. The third kappa shape index (κ3) is 2.31. The Labute approximate surface area is 100 Å². The van der Waals surface area contributed by atoms with Crippen LogP contribution in [0.1, 0.15) is 13.8 Å². The number of anilines is 1. The molecule has 0 aliphatic rings. The highest BCUT2D eigenvalue weighted by atomic mass is 16.1. The number of aromatic amines is 1. The Kier molecular flexibility index (Phi) is 3.15. The summed E-state index contributed by atoms with van der Waals surface area (Å²) in [5.41, 5.74) is 7.55. The SMILES string of the molecule is CC(N)C(C)C(=O)Nc1cccc2[nH]ccc12. The molecule has 0 saturated carbocycles. The van der Waals surface area contributed by atoms with Gasteiger partial charge in [-0.15, -0.1) is 0 Å². The molecule has 2 rings (SSSR count). The van der Waals surface area contributed by atoms with Crippen molar-refractivity contribution in [1.29, 1.82) is 0 Å². The van der Waals surface area contributed by atoms with Gasteiger partial charge in [0.25, 0.3) is 0 Å². The van der Waals surface area contributed by atoms with Crippen LogP contribution >= 0.6 is 0 Å². The minimum Gasteiger partial charge on any atom is -0.361 e. The fourth-order valence-corrected chi connectivity index (χ4v) is 1.68. The van der Waals surface area contributed by atoms with Crippen molar-refractivity contribution in [3.8, 4) is 0 Å². The zero-order valence-electron chi connectivity index (χ0n) is 10.0. The van der Waals surface area contributed by atoms with Crippen molar-refractivity contribution in [3.05, 3.63) is 30.5 Å². The molecule has 2 atom stereocenters. The summed E-state index contributed by atoms with van der Waals surface area (Å²) in [4.78, 5) is 15.0. The van der Waals surface area contributed by atoms with Gasteiger partial charge in [-0.2, -0.15) is 0 Å². The highest BCUT2D eigenvalue weighted by Gasteiger charge is 2.17. The lowest BCUT2D eigenvalue weighted by Gasteiger charge is -2.15. The third-order valence-corrected chi connectivity index (χ3v) is 3.06. The summed E-state index contributed by atoms with van der Waals surface area (Å²) in [5, 5.41) is 3.92. The second-order valence-corrected chi connectivity index (χ2v) is 4.38. The highest BCUT2D eigenvalue weighted by molar-refractivity contribution is 6.02. The van der Waals surface area contributed by atoms with Crippen LogP contribution in [0, 0.1) is 5.92 Å². The molecule has 0 aliphatic carbocycles. The fourth-order valence-electron chi connectivity index (χ4n) is 1.68. The molecule has 0 aliphatic heterocycles. The first-order chi connectivity index (χ1) is 8.09. The number of carbonyl (C=O) groups is 1. The fraction of sp³-hybridized carbons (Fsp3) is 0.308. The number of hydrogen-bond acceptors (Lipinski definition) is 2. The average Bonchev–Trinajstić information content (AvgIpc) is 2.76. The number of nitrogens with one attached hydrogen (secondary N) is 2. The molecule has 4 N–H and O–H groups in total. The van der Waals surface area contributed by atoms with E-state index >= 15 is 0 Å². The van der Waals surface area contributed by atoms with Crippen molar-refractivity contribution < 1.29 is 4.79 Å². The minimum absolute atomic E-state index is 0.0475. The highest BCUT2D eigenvalue weighted by Crippen LogP contribution is 2.22. The molecular formula is C13H17N3O. The summed E-state index contributed by atoms with van der Waals surface area (Å²) >= 11 is 0. The Morgan fingerprint density at radius 3 is 2.82 bits per heavy atom. The first kappa shape index (κ1) is 11.7. The number of benzene rings is 1. The van der Waals surface area contributed by atoms with Gasteiger partial charge in [-0.05, 0) is 25.1 Å². The van der Waals surface area contributed by atoms with Gasteiger partial charge in [-0.1, -0.05) is 13.0 Å². The van der Waals surface area contributed by atoms with E-state index in [0.717, 1.165) is 16.6 Å². The van der Waals surface area contributed by atoms with Crippen LogP contribution in [0.25, 0.3) is 10.9 Å². The predicted molar refractivity (Wildman–Crippen MR) is 69.7 cm³/mol. The molecule has 1 heterocycles. The van der Waals surface area contributed by atoms with E-state index in [4.69, 9.17) is 5.73 Å². The standard InChI is InChI=1S/C13H17N3O/c1-8(9(2)14)13(17)16-12-5-3-4-11-10(12)6-7-15-11/h3-9,15H,14H2,1-2H3,(H,16,17). The summed E-state index contributed by atoms with van der Waals surface area (Å²) in [6, 6.07) is 7.56. The Balaban J connectivity index is 2.24. The normalized spacial score (nSPS) is 14.5. The van der Waals surface area contributed by atoms with E-state index in [9.17, 15) is 4.79 Å². The number of rotatable bonds is 3. The van der Waals surface area contributed by atoms with Gasteiger partial charge in [0.2, 0.25) is 5.91 Å². The molecule has 1 aromatic heterocycles. The molecule has 0 fully saturated rings. The summed E-state index contributed by atoms with van der Waals surface area (Å²) in [6.07, 6.45) is 1.86. The quantitative estimate of drug-likeness (QED) is 0.757. The number of fused-ring (bicyclic) bond motifs is 1. The molecule has 1 aromatic carbocycles. The Hall–Kier alpha value is -1.81. The molecule has 4 heteroatoms. The molecule has 1 amide bonds. The summed E-state index contributed by atoms with van der Waals surface area (Å²) in [7, 11) is 0. The maximum Gasteiger partial charge on any atom is 0.228 e. The number of hydrogen-bond donors (Lipinski definition) is 3. The van der Waals surface area contributed by atoms with Crippen LogP contribution in [-0.4, -0.2) is 16.9 Å². The Bertz CT molecular complexity index is 530. The van der Waals surface area contributed by atoms with E-state index in [2.05, 4.69) is 10.3 Å². The first-order valence-electron chi connectivity index (χ1n) is 5.72. The molecule has 0 saturated heterocycles. The molecule has 0 radical (unpaired) electrons. The second-order valence-electron chi connectivity index (χ2n) is 4.38. The first-order valence-corrected chi connectivity index (χ1v) is 5.72. The third-order valence-electron chi connectivity index (χ3n) is 3.06. The molecular weight excluding hydrogens is 214 g/mol. The molecule has 2 unspecified atom stereocenters. The van der Waals surface area contributed by atoms with Crippen molar-refractivity contribution in [2.45, 2.75) is 19.9 Å². The van der Waals surface area contributed by atoms with Gasteiger partial charge in [0.1, 0.15) is 0 Å². The summed E-state index contributed by atoms with van der Waals surface area (Å²) in [5.74, 6) is -0.252. The summed E-state index contributed by atoms with van der Waals surface area (Å²) in [6.45, 7) is 3.67. The van der Waals surface area contributed by atoms with E-state index in [1.54, 1.807) is 0 Å². The lowest BCUT2D eigenvalue weighted by molar-refractivity contribution is -0.119. The van der Waals surface area contributed by atoms with Crippen LogP contribution in [0.2, 0.25) is 0 Å². The number of carbonyl (C=O) groups excluding carboxylic acids is 1. The topological polar surface area (TPSA) is 70.9 Å². The van der Waals surface area contributed by atoms with Crippen molar-refractivity contribution in [3.63, 3.8) is 0 Å². The van der Waals surface area contributed by atoms with E-state index in [1.165, 1.54) is 0 Å². The lowest BCUT2D eigenvalue weighted by Crippen LogP contribution is -2.34. The van der Waals surface area contributed by atoms with Crippen molar-refractivity contribution in [2.24, 2.45) is 11.7 Å². The molecule has 2 aromatic rings. The van der Waals surface area contributed by atoms with Crippen LogP contribution in [-0.2, 0) is 4.79 Å². The predicted octanol–water partition coefficient (Wildman–Crippen LogP) is 2.09. The van der Waals surface area contributed by atoms with Gasteiger partial charge in [0.15, 0.2) is 0 Å². The van der Waals surface area contributed by atoms with E-state index in [-0.39, 0.29) is 17.9 Å². The van der Waals surface area contributed by atoms with Crippen LogP contribution < -0.4 is 11.1 Å². The zero-order chi connectivity index (χ0) is 12.4. The van der Waals surface area contributed by atoms with Crippen molar-refractivity contribution in [1.82, 2.24) is 4.98 Å². The van der Waals surface area contributed by atoms with Crippen molar-refractivity contribution in [2.75, 3.05) is 5.32 Å². The molecule has 4 nitrogen and oxygen atoms in total. The van der Waals surface area contributed by atoms with Crippen LogP contribution in [0.3, 0.4) is 0 Å². The maximum absolute atomic E-state index is 11.9. The molecule has 0 spiro atoms. The second kappa shape index (κ2) is 4.59. The van der Waals surface area contributed by atoms with Gasteiger partial charge in [-0.25, -0.2) is 0 Å². The number of amides is 1. The molecule has 0 bridgehead atoms.